The molecule has 0 aromatic carbocycles. The van der Waals surface area contributed by atoms with Crippen molar-refractivity contribution in [3.63, 3.8) is 0 Å². The van der Waals surface area contributed by atoms with Crippen LogP contribution in [0.1, 0.15) is 40.0 Å². The van der Waals surface area contributed by atoms with E-state index in [2.05, 4.69) is 26.8 Å². The van der Waals surface area contributed by atoms with Crippen LogP contribution in [0.15, 0.2) is 11.6 Å². The maximum absolute atomic E-state index is 10.9. The van der Waals surface area contributed by atoms with Gasteiger partial charge in [0.1, 0.15) is 6.29 Å². The Labute approximate surface area is 81.2 Å². The maximum Gasteiger partial charge on any atom is 0.123 e. The molecular weight excluding hydrogens is 160 g/mol. The predicted molar refractivity (Wildman–Crippen MR) is 55.5 cm³/mol. The van der Waals surface area contributed by atoms with E-state index in [1.54, 1.807) is 0 Å². The molecule has 1 heteroatoms. The molecular formula is C12H20O. The zero-order valence-corrected chi connectivity index (χ0v) is 8.92. The molecule has 0 radical (unpaired) electrons. The fourth-order valence-corrected chi connectivity index (χ4v) is 2.51. The molecule has 1 aliphatic rings. The van der Waals surface area contributed by atoms with Gasteiger partial charge in [-0.3, -0.25) is 0 Å². The molecule has 74 valence electrons. The third-order valence-electron chi connectivity index (χ3n) is 3.10. The van der Waals surface area contributed by atoms with Gasteiger partial charge in [-0.25, -0.2) is 0 Å². The predicted octanol–water partition coefficient (Wildman–Crippen LogP) is 3.20. The molecule has 0 amide bonds. The van der Waals surface area contributed by atoms with Gasteiger partial charge in [-0.15, -0.1) is 0 Å². The minimum atomic E-state index is 0.267. The number of carbonyl (C=O) groups is 1. The van der Waals surface area contributed by atoms with E-state index in [4.69, 9.17) is 0 Å². The number of rotatable bonds is 3. The lowest BCUT2D eigenvalue weighted by Crippen LogP contribution is -2.26. The number of hydrogen-bond acceptors (Lipinski definition) is 1. The van der Waals surface area contributed by atoms with Gasteiger partial charge in [0.15, 0.2) is 0 Å². The fourth-order valence-electron chi connectivity index (χ4n) is 2.51. The summed E-state index contributed by atoms with van der Waals surface area (Å²) in [5.74, 6) is 1.31. The molecule has 3 atom stereocenters. The second kappa shape index (κ2) is 4.59. The first-order chi connectivity index (χ1) is 6.19. The summed E-state index contributed by atoms with van der Waals surface area (Å²) in [6.45, 7) is 6.53. The lowest BCUT2D eigenvalue weighted by Gasteiger charge is -2.31. The second-order valence-corrected chi connectivity index (χ2v) is 4.34. The molecule has 0 saturated carbocycles. The van der Waals surface area contributed by atoms with Crippen molar-refractivity contribution < 1.29 is 4.79 Å². The van der Waals surface area contributed by atoms with Gasteiger partial charge in [0, 0.05) is 5.92 Å². The number of allylic oxidation sites excluding steroid dienone is 2. The quantitative estimate of drug-likeness (QED) is 0.481. The Balaban J connectivity index is 2.72. The molecule has 0 heterocycles. The summed E-state index contributed by atoms with van der Waals surface area (Å²) < 4.78 is 0. The van der Waals surface area contributed by atoms with Crippen LogP contribution < -0.4 is 0 Å². The standard InChI is InChI=1S/C12H20O/c1-4-5-11-7-9(2)6-10(3)12(11)8-13/h6,8,10-12H,4-5,7H2,1-3H3. The van der Waals surface area contributed by atoms with E-state index in [-0.39, 0.29) is 5.92 Å². The molecule has 0 saturated heterocycles. The SMILES string of the molecule is CCCC1CC(C)=CC(C)C1C=O. The Bertz CT molecular complexity index is 205. The maximum atomic E-state index is 10.9. The van der Waals surface area contributed by atoms with E-state index in [9.17, 15) is 4.79 Å². The highest BCUT2D eigenvalue weighted by atomic mass is 16.1. The Morgan fingerprint density at radius 1 is 1.62 bits per heavy atom. The molecule has 1 rings (SSSR count). The van der Waals surface area contributed by atoms with Crippen molar-refractivity contribution in [1.29, 1.82) is 0 Å². The topological polar surface area (TPSA) is 17.1 Å². The molecule has 3 unspecified atom stereocenters. The van der Waals surface area contributed by atoms with Gasteiger partial charge in [0.2, 0.25) is 0 Å². The second-order valence-electron chi connectivity index (χ2n) is 4.34. The van der Waals surface area contributed by atoms with E-state index < -0.39 is 0 Å². The van der Waals surface area contributed by atoms with Crippen LogP contribution in [0.25, 0.3) is 0 Å². The van der Waals surface area contributed by atoms with Crippen molar-refractivity contribution in [2.24, 2.45) is 17.8 Å². The lowest BCUT2D eigenvalue weighted by atomic mass is 9.73. The normalized spacial score (nSPS) is 34.1. The van der Waals surface area contributed by atoms with Crippen LogP contribution in [0.2, 0.25) is 0 Å². The summed E-state index contributed by atoms with van der Waals surface area (Å²) in [4.78, 5) is 10.9. The fraction of sp³-hybridized carbons (Fsp3) is 0.750. The Hall–Kier alpha value is -0.590. The summed E-state index contributed by atoms with van der Waals surface area (Å²) in [6, 6.07) is 0. The molecule has 13 heavy (non-hydrogen) atoms. The van der Waals surface area contributed by atoms with Gasteiger partial charge >= 0.3 is 0 Å². The first-order valence-electron chi connectivity index (χ1n) is 5.31. The third kappa shape index (κ3) is 2.43. The molecule has 1 aliphatic carbocycles. The summed E-state index contributed by atoms with van der Waals surface area (Å²) >= 11 is 0. The lowest BCUT2D eigenvalue weighted by molar-refractivity contribution is -0.113. The van der Waals surface area contributed by atoms with Crippen molar-refractivity contribution in [3.8, 4) is 0 Å². The van der Waals surface area contributed by atoms with E-state index >= 15 is 0 Å². The van der Waals surface area contributed by atoms with Crippen molar-refractivity contribution in [2.45, 2.75) is 40.0 Å². The average Bonchev–Trinajstić information content (AvgIpc) is 2.04. The minimum absolute atomic E-state index is 0.267. The van der Waals surface area contributed by atoms with Crippen LogP contribution >= 0.6 is 0 Å². The van der Waals surface area contributed by atoms with E-state index in [0.29, 0.717) is 11.8 Å². The Kier molecular flexibility index (Phi) is 3.71. The van der Waals surface area contributed by atoms with Gasteiger partial charge in [-0.1, -0.05) is 31.9 Å². The first kappa shape index (κ1) is 10.5. The first-order valence-corrected chi connectivity index (χ1v) is 5.31. The van der Waals surface area contributed by atoms with Crippen molar-refractivity contribution >= 4 is 6.29 Å². The summed E-state index contributed by atoms with van der Waals surface area (Å²) in [6.07, 6.45) is 6.93. The van der Waals surface area contributed by atoms with Crippen molar-refractivity contribution in [3.05, 3.63) is 11.6 Å². The molecule has 0 fully saturated rings. The van der Waals surface area contributed by atoms with Crippen LogP contribution in [0, 0.1) is 17.8 Å². The number of hydrogen-bond donors (Lipinski definition) is 0. The smallest absolute Gasteiger partial charge is 0.123 e. The highest BCUT2D eigenvalue weighted by molar-refractivity contribution is 5.56. The van der Waals surface area contributed by atoms with Crippen LogP contribution in [-0.2, 0) is 4.79 Å². The summed E-state index contributed by atoms with van der Waals surface area (Å²) in [7, 11) is 0. The van der Waals surface area contributed by atoms with Crippen LogP contribution in [-0.4, -0.2) is 6.29 Å². The van der Waals surface area contributed by atoms with E-state index in [1.165, 1.54) is 18.4 Å². The molecule has 0 spiro atoms. The largest absolute Gasteiger partial charge is 0.303 e. The zero-order chi connectivity index (χ0) is 9.84. The van der Waals surface area contributed by atoms with Gasteiger partial charge in [0.25, 0.3) is 0 Å². The van der Waals surface area contributed by atoms with Crippen LogP contribution in [0.3, 0.4) is 0 Å². The monoisotopic (exact) mass is 180 g/mol. The van der Waals surface area contributed by atoms with E-state index in [1.807, 2.05) is 0 Å². The highest BCUT2D eigenvalue weighted by Gasteiger charge is 2.28. The van der Waals surface area contributed by atoms with Gasteiger partial charge in [-0.2, -0.15) is 0 Å². The van der Waals surface area contributed by atoms with Crippen LogP contribution in [0.5, 0.6) is 0 Å². The van der Waals surface area contributed by atoms with Crippen molar-refractivity contribution in [1.82, 2.24) is 0 Å². The van der Waals surface area contributed by atoms with Crippen molar-refractivity contribution in [2.75, 3.05) is 0 Å². The Morgan fingerprint density at radius 2 is 2.31 bits per heavy atom. The zero-order valence-electron chi connectivity index (χ0n) is 8.92. The van der Waals surface area contributed by atoms with Crippen LogP contribution in [0.4, 0.5) is 0 Å². The molecule has 0 aliphatic heterocycles. The van der Waals surface area contributed by atoms with Gasteiger partial charge < -0.3 is 4.79 Å². The molecule has 0 aromatic heterocycles. The molecule has 0 bridgehead atoms. The Morgan fingerprint density at radius 3 is 2.85 bits per heavy atom. The number of carbonyl (C=O) groups excluding carboxylic acids is 1. The number of aldehydes is 1. The minimum Gasteiger partial charge on any atom is -0.303 e. The average molecular weight is 180 g/mol. The summed E-state index contributed by atoms with van der Waals surface area (Å²) in [5, 5.41) is 0. The molecule has 0 aromatic rings. The summed E-state index contributed by atoms with van der Waals surface area (Å²) in [5.41, 5.74) is 1.46. The third-order valence-corrected chi connectivity index (χ3v) is 3.10. The molecule has 0 N–H and O–H groups in total. The molecule has 1 nitrogen and oxygen atoms in total. The highest BCUT2D eigenvalue weighted by Crippen LogP contribution is 2.34. The van der Waals surface area contributed by atoms with Gasteiger partial charge in [0.05, 0.1) is 0 Å². The van der Waals surface area contributed by atoms with E-state index in [0.717, 1.165) is 12.7 Å². The van der Waals surface area contributed by atoms with Gasteiger partial charge in [-0.05, 0) is 31.6 Å².